The first kappa shape index (κ1) is 11.9. The number of hydrogen-bond acceptors (Lipinski definition) is 2. The van der Waals surface area contributed by atoms with Crippen LogP contribution in [0.15, 0.2) is 24.5 Å². The largest absolute Gasteiger partial charge is 0.378 e. The third kappa shape index (κ3) is 2.74. The van der Waals surface area contributed by atoms with E-state index in [1.54, 1.807) is 0 Å². The highest BCUT2D eigenvalue weighted by Crippen LogP contribution is 2.31. The van der Waals surface area contributed by atoms with Gasteiger partial charge in [-0.3, -0.25) is 4.98 Å². The second-order valence-corrected chi connectivity index (χ2v) is 4.91. The lowest BCUT2D eigenvalue weighted by molar-refractivity contribution is 0.0865. The zero-order chi connectivity index (χ0) is 11.4. The van der Waals surface area contributed by atoms with Crippen molar-refractivity contribution in [3.05, 3.63) is 30.1 Å². The fourth-order valence-corrected chi connectivity index (χ4v) is 2.86. The Morgan fingerprint density at radius 3 is 2.94 bits per heavy atom. The van der Waals surface area contributed by atoms with E-state index in [1.807, 2.05) is 24.5 Å². The van der Waals surface area contributed by atoms with Crippen LogP contribution in [0.1, 0.15) is 25.3 Å². The van der Waals surface area contributed by atoms with E-state index in [1.165, 1.54) is 5.56 Å². The van der Waals surface area contributed by atoms with Gasteiger partial charge in [0.25, 0.3) is 0 Å². The van der Waals surface area contributed by atoms with Gasteiger partial charge < -0.3 is 4.74 Å². The summed E-state index contributed by atoms with van der Waals surface area (Å²) in [6.07, 6.45) is 7.06. The number of aromatic nitrogens is 1. The average Bonchev–Trinajstić information content (AvgIpc) is 2.78. The lowest BCUT2D eigenvalue weighted by Crippen LogP contribution is -2.25. The molecule has 1 aromatic rings. The molecule has 0 saturated carbocycles. The molecule has 1 aliphatic heterocycles. The molecule has 3 unspecified atom stereocenters. The van der Waals surface area contributed by atoms with Gasteiger partial charge in [-0.2, -0.15) is 0 Å². The van der Waals surface area contributed by atoms with Crippen molar-refractivity contribution in [1.29, 1.82) is 0 Å². The van der Waals surface area contributed by atoms with Gasteiger partial charge in [0.2, 0.25) is 0 Å². The smallest absolute Gasteiger partial charge is 0.0615 e. The fraction of sp³-hybridized carbons (Fsp3) is 0.615. The molecule has 2 rings (SSSR count). The van der Waals surface area contributed by atoms with Crippen LogP contribution in [0.3, 0.4) is 0 Å². The van der Waals surface area contributed by atoms with Crippen molar-refractivity contribution in [2.24, 2.45) is 5.92 Å². The number of rotatable bonds is 4. The van der Waals surface area contributed by atoms with E-state index in [0.29, 0.717) is 12.0 Å². The predicted molar refractivity (Wildman–Crippen MR) is 65.7 cm³/mol. The van der Waals surface area contributed by atoms with Gasteiger partial charge in [-0.15, -0.1) is 11.6 Å². The Hall–Kier alpha value is -0.600. The van der Waals surface area contributed by atoms with Crippen molar-refractivity contribution in [3.8, 4) is 0 Å². The first-order valence-electron chi connectivity index (χ1n) is 5.96. The highest BCUT2D eigenvalue weighted by Gasteiger charge is 2.32. The summed E-state index contributed by atoms with van der Waals surface area (Å²) >= 11 is 6.49. The van der Waals surface area contributed by atoms with Crippen molar-refractivity contribution in [1.82, 2.24) is 4.98 Å². The molecule has 0 bridgehead atoms. The van der Waals surface area contributed by atoms with E-state index in [0.717, 1.165) is 25.9 Å². The maximum atomic E-state index is 6.49. The van der Waals surface area contributed by atoms with Crippen LogP contribution in [-0.2, 0) is 11.2 Å². The van der Waals surface area contributed by atoms with Crippen LogP contribution in [0.2, 0.25) is 0 Å². The molecular formula is C13H18ClNO. The molecule has 0 radical (unpaired) electrons. The number of hydrogen-bond donors (Lipinski definition) is 0. The van der Waals surface area contributed by atoms with Gasteiger partial charge in [0, 0.05) is 30.3 Å². The number of pyridine rings is 1. The number of nitrogens with zero attached hydrogens (tertiary/aromatic N) is 1. The van der Waals surface area contributed by atoms with E-state index < -0.39 is 0 Å². The minimum absolute atomic E-state index is 0.176. The Morgan fingerprint density at radius 2 is 2.25 bits per heavy atom. The van der Waals surface area contributed by atoms with Gasteiger partial charge >= 0.3 is 0 Å². The summed E-state index contributed by atoms with van der Waals surface area (Å²) in [5.41, 5.74) is 1.26. The molecule has 1 aliphatic rings. The number of halogens is 1. The lowest BCUT2D eigenvalue weighted by atomic mass is 9.92. The molecule has 1 fully saturated rings. The van der Waals surface area contributed by atoms with E-state index >= 15 is 0 Å². The molecule has 0 aliphatic carbocycles. The van der Waals surface area contributed by atoms with Crippen LogP contribution in [0.4, 0.5) is 0 Å². The van der Waals surface area contributed by atoms with Crippen LogP contribution in [0.25, 0.3) is 0 Å². The molecule has 1 aromatic heterocycles. The van der Waals surface area contributed by atoms with E-state index in [-0.39, 0.29) is 5.38 Å². The quantitative estimate of drug-likeness (QED) is 0.754. The molecular weight excluding hydrogens is 222 g/mol. The molecule has 0 spiro atoms. The van der Waals surface area contributed by atoms with Crippen molar-refractivity contribution in [3.63, 3.8) is 0 Å². The third-order valence-electron chi connectivity index (χ3n) is 3.31. The minimum atomic E-state index is 0.176. The van der Waals surface area contributed by atoms with Gasteiger partial charge in [-0.25, -0.2) is 0 Å². The second-order valence-electron chi connectivity index (χ2n) is 4.35. The number of alkyl halides is 1. The van der Waals surface area contributed by atoms with Crippen molar-refractivity contribution in [2.45, 2.75) is 37.7 Å². The summed E-state index contributed by atoms with van der Waals surface area (Å²) < 4.78 is 5.68. The van der Waals surface area contributed by atoms with Crippen LogP contribution in [0.5, 0.6) is 0 Å². The Kier molecular flexibility index (Phi) is 4.19. The van der Waals surface area contributed by atoms with Gasteiger partial charge in [-0.05, 0) is 37.0 Å². The van der Waals surface area contributed by atoms with Crippen molar-refractivity contribution in [2.75, 3.05) is 6.61 Å². The molecule has 1 saturated heterocycles. The first-order chi connectivity index (χ1) is 7.81. The predicted octanol–water partition coefficient (Wildman–Crippen LogP) is 3.05. The maximum absolute atomic E-state index is 6.49. The summed E-state index contributed by atoms with van der Waals surface area (Å²) in [5, 5.41) is 0.176. The van der Waals surface area contributed by atoms with Crippen LogP contribution >= 0.6 is 11.6 Å². The number of ether oxygens (including phenoxy) is 1. The van der Waals surface area contributed by atoms with Gasteiger partial charge in [-0.1, -0.05) is 6.92 Å². The zero-order valence-electron chi connectivity index (χ0n) is 9.60. The normalized spacial score (nSPS) is 26.9. The van der Waals surface area contributed by atoms with E-state index in [4.69, 9.17) is 16.3 Å². The maximum Gasteiger partial charge on any atom is 0.0615 e. The topological polar surface area (TPSA) is 22.1 Å². The molecule has 0 N–H and O–H groups in total. The molecule has 0 aromatic carbocycles. The molecule has 3 heteroatoms. The SMILES string of the molecule is CCC1OCCC1C(Cl)Cc1ccncc1. The molecule has 0 amide bonds. The first-order valence-corrected chi connectivity index (χ1v) is 6.39. The van der Waals surface area contributed by atoms with E-state index in [2.05, 4.69) is 11.9 Å². The summed E-state index contributed by atoms with van der Waals surface area (Å²) in [6.45, 7) is 3.03. The summed E-state index contributed by atoms with van der Waals surface area (Å²) in [6, 6.07) is 4.07. The second kappa shape index (κ2) is 5.65. The Labute approximate surface area is 102 Å². The molecule has 2 nitrogen and oxygen atoms in total. The molecule has 2 heterocycles. The summed E-state index contributed by atoms with van der Waals surface area (Å²) in [4.78, 5) is 4.01. The van der Waals surface area contributed by atoms with Crippen molar-refractivity contribution < 1.29 is 4.74 Å². The van der Waals surface area contributed by atoms with Gasteiger partial charge in [0.15, 0.2) is 0 Å². The lowest BCUT2D eigenvalue weighted by Gasteiger charge is -2.22. The van der Waals surface area contributed by atoms with Gasteiger partial charge in [0.05, 0.1) is 6.10 Å². The summed E-state index contributed by atoms with van der Waals surface area (Å²) in [7, 11) is 0. The van der Waals surface area contributed by atoms with Crippen LogP contribution in [-0.4, -0.2) is 23.1 Å². The van der Waals surface area contributed by atoms with Crippen LogP contribution < -0.4 is 0 Å². The Balaban J connectivity index is 1.95. The molecule has 88 valence electrons. The van der Waals surface area contributed by atoms with Crippen molar-refractivity contribution >= 4 is 11.6 Å². The Morgan fingerprint density at radius 1 is 1.50 bits per heavy atom. The minimum Gasteiger partial charge on any atom is -0.378 e. The van der Waals surface area contributed by atoms with Crippen LogP contribution in [0, 0.1) is 5.92 Å². The van der Waals surface area contributed by atoms with E-state index in [9.17, 15) is 0 Å². The average molecular weight is 240 g/mol. The zero-order valence-corrected chi connectivity index (χ0v) is 10.4. The molecule has 3 atom stereocenters. The molecule has 16 heavy (non-hydrogen) atoms. The van der Waals surface area contributed by atoms with Gasteiger partial charge in [0.1, 0.15) is 0 Å². The standard InChI is InChI=1S/C13H18ClNO/c1-2-13-11(5-8-16-13)12(14)9-10-3-6-15-7-4-10/h3-4,6-7,11-13H,2,5,8-9H2,1H3. The fourth-order valence-electron chi connectivity index (χ4n) is 2.39. The Bertz CT molecular complexity index is 317. The highest BCUT2D eigenvalue weighted by molar-refractivity contribution is 6.21. The summed E-state index contributed by atoms with van der Waals surface area (Å²) in [5.74, 6) is 0.500. The highest BCUT2D eigenvalue weighted by atomic mass is 35.5. The third-order valence-corrected chi connectivity index (χ3v) is 3.79. The monoisotopic (exact) mass is 239 g/mol.